The molecule has 1 aromatic carbocycles. The molecule has 1 fully saturated rings. The average Bonchev–Trinajstić information content (AvgIpc) is 2.94. The largest absolute Gasteiger partial charge is 0.416 e. The first kappa shape index (κ1) is 20.9. The number of aryl methyl sites for hydroxylation is 1. The van der Waals surface area contributed by atoms with Crippen molar-refractivity contribution in [1.29, 1.82) is 0 Å². The Bertz CT molecular complexity index is 950. The number of carbonyl (C=O) groups excluding carboxylic acids is 1. The van der Waals surface area contributed by atoms with Crippen LogP contribution in [0.15, 0.2) is 28.3 Å². The van der Waals surface area contributed by atoms with Gasteiger partial charge in [0.2, 0.25) is 5.88 Å². The molecule has 3 rings (SSSR count). The molecule has 1 saturated heterocycles. The molecule has 1 aromatic heterocycles. The van der Waals surface area contributed by atoms with E-state index in [2.05, 4.69) is 10.5 Å². The van der Waals surface area contributed by atoms with Crippen LogP contribution in [0.4, 0.5) is 28.2 Å². The van der Waals surface area contributed by atoms with Crippen LogP contribution >= 0.6 is 0 Å². The van der Waals surface area contributed by atoms with E-state index in [4.69, 9.17) is 4.52 Å². The molecular formula is C20H21F4N3O2. The summed E-state index contributed by atoms with van der Waals surface area (Å²) in [7, 11) is 0. The van der Waals surface area contributed by atoms with Crippen LogP contribution in [-0.4, -0.2) is 29.2 Å². The number of nitrogens with zero attached hydrogens (tertiary/aromatic N) is 2. The van der Waals surface area contributed by atoms with Crippen LogP contribution in [0, 0.1) is 25.6 Å². The van der Waals surface area contributed by atoms with Crippen LogP contribution in [0.1, 0.15) is 35.7 Å². The predicted molar refractivity (Wildman–Crippen MR) is 99.7 cm³/mol. The molecule has 2 amide bonds. The minimum Gasteiger partial charge on any atom is -0.338 e. The van der Waals surface area contributed by atoms with Crippen molar-refractivity contribution < 1.29 is 26.9 Å². The number of anilines is 1. The molecule has 0 aliphatic carbocycles. The van der Waals surface area contributed by atoms with Gasteiger partial charge in [-0.1, -0.05) is 23.7 Å². The Balaban J connectivity index is 1.71. The molecule has 29 heavy (non-hydrogen) atoms. The van der Waals surface area contributed by atoms with Gasteiger partial charge in [0.15, 0.2) is 0 Å². The number of hydrogen-bond acceptors (Lipinski definition) is 3. The van der Waals surface area contributed by atoms with Crippen molar-refractivity contribution in [3.05, 3.63) is 52.0 Å². The second-order valence-corrected chi connectivity index (χ2v) is 7.24. The maximum atomic E-state index is 13.6. The lowest BCUT2D eigenvalue weighted by Gasteiger charge is -2.33. The van der Waals surface area contributed by atoms with Gasteiger partial charge in [-0.05, 0) is 49.9 Å². The molecule has 1 atom stereocenters. The van der Waals surface area contributed by atoms with Crippen LogP contribution in [0.2, 0.25) is 0 Å². The fourth-order valence-corrected chi connectivity index (χ4v) is 3.23. The lowest BCUT2D eigenvalue weighted by atomic mass is 9.91. The van der Waals surface area contributed by atoms with Gasteiger partial charge in [-0.15, -0.1) is 0 Å². The van der Waals surface area contributed by atoms with E-state index in [9.17, 15) is 22.4 Å². The molecule has 2 heterocycles. The number of likely N-dealkylation sites (tertiary alicyclic amines) is 1. The van der Waals surface area contributed by atoms with Gasteiger partial charge in [0.25, 0.3) is 0 Å². The van der Waals surface area contributed by atoms with Crippen LogP contribution < -0.4 is 5.32 Å². The molecule has 1 aliphatic heterocycles. The molecule has 1 unspecified atom stereocenters. The zero-order valence-corrected chi connectivity index (χ0v) is 16.2. The first-order chi connectivity index (χ1) is 13.5. The number of halogens is 4. The Morgan fingerprint density at radius 3 is 2.62 bits per heavy atom. The lowest BCUT2D eigenvalue weighted by molar-refractivity contribution is -0.137. The van der Waals surface area contributed by atoms with E-state index in [0.29, 0.717) is 37.2 Å². The van der Waals surface area contributed by atoms with Gasteiger partial charge in [0.05, 0.1) is 11.3 Å². The molecule has 9 heteroatoms. The molecule has 0 saturated carbocycles. The number of hydrogen-bond donors (Lipinski definition) is 1. The van der Waals surface area contributed by atoms with Crippen molar-refractivity contribution in [2.45, 2.75) is 33.4 Å². The number of carbonyl (C=O) groups is 1. The SMILES string of the molecule is Cc1noc(NC(=O)N2CCC(=Cc3cc(F)cc(C(F)(F)F)c3)C(C)C2)c1C. The first-order valence-corrected chi connectivity index (χ1v) is 9.11. The maximum Gasteiger partial charge on any atom is 0.416 e. The number of amides is 2. The Kier molecular flexibility index (Phi) is 5.68. The van der Waals surface area contributed by atoms with Gasteiger partial charge in [0, 0.05) is 18.7 Å². The Labute approximate surface area is 165 Å². The number of rotatable bonds is 2. The molecule has 1 aliphatic rings. The summed E-state index contributed by atoms with van der Waals surface area (Å²) < 4.78 is 57.4. The van der Waals surface area contributed by atoms with Crippen LogP contribution in [0.3, 0.4) is 0 Å². The molecule has 0 bridgehead atoms. The summed E-state index contributed by atoms with van der Waals surface area (Å²) in [5, 5.41) is 6.47. The summed E-state index contributed by atoms with van der Waals surface area (Å²) in [6.07, 6.45) is -2.57. The average molecular weight is 411 g/mol. The highest BCUT2D eigenvalue weighted by Gasteiger charge is 2.31. The number of urea groups is 1. The van der Waals surface area contributed by atoms with E-state index in [-0.39, 0.29) is 17.5 Å². The quantitative estimate of drug-likeness (QED) is 0.673. The van der Waals surface area contributed by atoms with E-state index >= 15 is 0 Å². The monoisotopic (exact) mass is 411 g/mol. The lowest BCUT2D eigenvalue weighted by Crippen LogP contribution is -2.42. The highest BCUT2D eigenvalue weighted by atomic mass is 19.4. The maximum absolute atomic E-state index is 13.6. The minimum absolute atomic E-state index is 0.0929. The van der Waals surface area contributed by atoms with E-state index in [1.165, 1.54) is 0 Å². The minimum atomic E-state index is -4.61. The third-order valence-corrected chi connectivity index (χ3v) is 5.06. The number of aromatic nitrogens is 1. The fourth-order valence-electron chi connectivity index (χ4n) is 3.23. The predicted octanol–water partition coefficient (Wildman–Crippen LogP) is 5.41. The standard InChI is InChI=1S/C20H21F4N3O2/c1-11-10-27(19(28)25-18-12(2)13(3)26-29-18)5-4-15(11)6-14-7-16(20(22,23)24)9-17(21)8-14/h6-9,11H,4-5,10H2,1-3H3,(H,25,28). The fraction of sp³-hybridized carbons (Fsp3) is 0.400. The summed E-state index contributed by atoms with van der Waals surface area (Å²) in [6, 6.07) is 2.14. The van der Waals surface area contributed by atoms with Gasteiger partial charge in [-0.3, -0.25) is 5.32 Å². The molecule has 2 aromatic rings. The number of alkyl halides is 3. The normalized spacial score (nSPS) is 18.9. The van der Waals surface area contributed by atoms with Gasteiger partial charge in [-0.2, -0.15) is 13.2 Å². The number of benzene rings is 1. The van der Waals surface area contributed by atoms with E-state index in [0.717, 1.165) is 23.3 Å². The third-order valence-electron chi connectivity index (χ3n) is 5.06. The van der Waals surface area contributed by atoms with Gasteiger partial charge >= 0.3 is 12.2 Å². The smallest absolute Gasteiger partial charge is 0.338 e. The van der Waals surface area contributed by atoms with Crippen LogP contribution in [0.5, 0.6) is 0 Å². The molecule has 1 N–H and O–H groups in total. The second kappa shape index (κ2) is 7.88. The summed E-state index contributed by atoms with van der Waals surface area (Å²) in [4.78, 5) is 14.1. The van der Waals surface area contributed by atoms with E-state index in [1.807, 2.05) is 6.92 Å². The molecule has 0 radical (unpaired) electrons. The molecule has 5 nitrogen and oxygen atoms in total. The van der Waals surface area contributed by atoms with Crippen LogP contribution in [-0.2, 0) is 6.18 Å². The first-order valence-electron chi connectivity index (χ1n) is 9.11. The van der Waals surface area contributed by atoms with Gasteiger partial charge < -0.3 is 9.42 Å². The highest BCUT2D eigenvalue weighted by molar-refractivity contribution is 5.88. The van der Waals surface area contributed by atoms with Crippen molar-refractivity contribution in [2.75, 3.05) is 18.4 Å². The van der Waals surface area contributed by atoms with Crippen molar-refractivity contribution in [3.8, 4) is 0 Å². The third kappa shape index (κ3) is 4.78. The number of piperidine rings is 1. The Morgan fingerprint density at radius 2 is 2.03 bits per heavy atom. The van der Waals surface area contributed by atoms with Gasteiger partial charge in [-0.25, -0.2) is 9.18 Å². The summed E-state index contributed by atoms with van der Waals surface area (Å²) in [5.74, 6) is -0.737. The zero-order chi connectivity index (χ0) is 21.3. The van der Waals surface area contributed by atoms with Crippen molar-refractivity contribution in [2.24, 2.45) is 5.92 Å². The van der Waals surface area contributed by atoms with E-state index in [1.54, 1.807) is 24.8 Å². The molecular weight excluding hydrogens is 390 g/mol. The van der Waals surface area contributed by atoms with Crippen molar-refractivity contribution >= 4 is 18.0 Å². The Morgan fingerprint density at radius 1 is 1.31 bits per heavy atom. The number of nitrogens with one attached hydrogen (secondary N) is 1. The van der Waals surface area contributed by atoms with Crippen molar-refractivity contribution in [3.63, 3.8) is 0 Å². The van der Waals surface area contributed by atoms with Crippen LogP contribution in [0.25, 0.3) is 6.08 Å². The van der Waals surface area contributed by atoms with Gasteiger partial charge in [0.1, 0.15) is 5.82 Å². The molecule has 0 spiro atoms. The summed E-state index contributed by atoms with van der Waals surface area (Å²) >= 11 is 0. The summed E-state index contributed by atoms with van der Waals surface area (Å²) in [6.45, 7) is 6.19. The molecule has 156 valence electrons. The Hall–Kier alpha value is -2.84. The summed E-state index contributed by atoms with van der Waals surface area (Å²) in [5.41, 5.74) is 1.43. The van der Waals surface area contributed by atoms with E-state index < -0.39 is 17.6 Å². The highest BCUT2D eigenvalue weighted by Crippen LogP contribution is 2.32. The second-order valence-electron chi connectivity index (χ2n) is 7.24. The van der Waals surface area contributed by atoms with Crippen molar-refractivity contribution in [1.82, 2.24) is 10.1 Å². The topological polar surface area (TPSA) is 58.4 Å². The zero-order valence-electron chi connectivity index (χ0n) is 16.2.